The molecule has 1 aromatic rings. The average molecular weight is 267 g/mol. The van der Waals surface area contributed by atoms with Gasteiger partial charge in [-0.15, -0.1) is 0 Å². The summed E-state index contributed by atoms with van der Waals surface area (Å²) in [6.07, 6.45) is 0.803. The Morgan fingerprint density at radius 3 is 2.50 bits per heavy atom. The fourth-order valence-electron chi connectivity index (χ4n) is 3.39. The van der Waals surface area contributed by atoms with E-state index >= 15 is 0 Å². The van der Waals surface area contributed by atoms with Crippen LogP contribution in [0, 0.1) is 35.0 Å². The predicted octanol–water partition coefficient (Wildman–Crippen LogP) is 2.45. The number of amidine groups is 1. The Morgan fingerprint density at radius 1 is 1.35 bits per heavy atom. The molecule has 1 N–H and O–H groups in total. The molecule has 1 amide bonds. The van der Waals surface area contributed by atoms with Gasteiger partial charge in [-0.1, -0.05) is 36.8 Å². The largest absolute Gasteiger partial charge is 0.299 e. The average Bonchev–Trinajstić information content (AvgIpc) is 3.08. The normalized spacial score (nSPS) is 31.1. The minimum absolute atomic E-state index is 0.0519. The summed E-state index contributed by atoms with van der Waals surface area (Å²) in [6.45, 7) is 4.52. The highest BCUT2D eigenvalue weighted by Gasteiger charge is 2.78. The zero-order chi connectivity index (χ0) is 14.5. The van der Waals surface area contributed by atoms with Crippen LogP contribution in [0.15, 0.2) is 24.3 Å². The molecule has 4 heteroatoms. The summed E-state index contributed by atoms with van der Waals surface area (Å²) in [5, 5.41) is 17.8. The lowest BCUT2D eigenvalue weighted by Crippen LogP contribution is -2.36. The lowest BCUT2D eigenvalue weighted by atomic mass is 9.98. The topological polar surface area (TPSA) is 68.0 Å². The van der Waals surface area contributed by atoms with Crippen LogP contribution in [0.25, 0.3) is 0 Å². The summed E-state index contributed by atoms with van der Waals surface area (Å²) in [5.41, 5.74) is 1.23. The van der Waals surface area contributed by atoms with Crippen molar-refractivity contribution in [3.05, 3.63) is 35.4 Å². The molecule has 1 saturated carbocycles. The van der Waals surface area contributed by atoms with Crippen molar-refractivity contribution in [1.82, 2.24) is 4.90 Å². The van der Waals surface area contributed by atoms with Gasteiger partial charge in [0.1, 0.15) is 11.3 Å². The smallest absolute Gasteiger partial charge is 0.233 e. The van der Waals surface area contributed by atoms with E-state index in [2.05, 4.69) is 6.07 Å². The van der Waals surface area contributed by atoms with Crippen LogP contribution in [-0.2, 0) is 4.79 Å². The fraction of sp³-hybridized carbons (Fsp3) is 0.438. The lowest BCUT2D eigenvalue weighted by Gasteiger charge is -2.21. The minimum atomic E-state index is -0.915. The highest BCUT2D eigenvalue weighted by atomic mass is 16.2. The number of rotatable bonds is 3. The van der Waals surface area contributed by atoms with Gasteiger partial charge in [0, 0.05) is 12.5 Å². The predicted molar refractivity (Wildman–Crippen MR) is 75.2 cm³/mol. The highest BCUT2D eigenvalue weighted by Crippen LogP contribution is 2.69. The number of hydrogen-bond donors (Lipinski definition) is 1. The molecule has 102 valence electrons. The zero-order valence-corrected chi connectivity index (χ0v) is 11.7. The second kappa shape index (κ2) is 4.17. The molecule has 20 heavy (non-hydrogen) atoms. The Balaban J connectivity index is 1.96. The van der Waals surface area contributed by atoms with E-state index in [0.29, 0.717) is 6.54 Å². The van der Waals surface area contributed by atoms with E-state index in [1.54, 1.807) is 0 Å². The molecule has 3 atom stereocenters. The van der Waals surface area contributed by atoms with Crippen LogP contribution < -0.4 is 0 Å². The summed E-state index contributed by atoms with van der Waals surface area (Å²) >= 11 is 0. The summed E-state index contributed by atoms with van der Waals surface area (Å²) in [5.74, 6) is -0.345. The number of nitrogens with zero attached hydrogens (tertiary/aromatic N) is 2. The van der Waals surface area contributed by atoms with Crippen molar-refractivity contribution < 1.29 is 4.79 Å². The third-order valence-electron chi connectivity index (χ3n) is 4.47. The van der Waals surface area contributed by atoms with Gasteiger partial charge in [0.2, 0.25) is 5.91 Å². The van der Waals surface area contributed by atoms with E-state index in [0.717, 1.165) is 17.5 Å². The highest BCUT2D eigenvalue weighted by molar-refractivity contribution is 6.16. The van der Waals surface area contributed by atoms with Crippen molar-refractivity contribution in [3.63, 3.8) is 0 Å². The molecule has 1 aliphatic heterocycles. The molecule has 0 spiro atoms. The fourth-order valence-corrected chi connectivity index (χ4v) is 3.39. The van der Waals surface area contributed by atoms with Gasteiger partial charge in [-0.25, -0.2) is 0 Å². The van der Waals surface area contributed by atoms with Gasteiger partial charge >= 0.3 is 0 Å². The zero-order valence-electron chi connectivity index (χ0n) is 11.7. The molecule has 2 aliphatic rings. The first-order chi connectivity index (χ1) is 9.57. The number of piperidine rings is 1. The van der Waals surface area contributed by atoms with E-state index in [1.165, 1.54) is 4.90 Å². The summed E-state index contributed by atoms with van der Waals surface area (Å²) in [4.78, 5) is 13.9. The Kier molecular flexibility index (Phi) is 2.68. The van der Waals surface area contributed by atoms with Crippen molar-refractivity contribution in [2.75, 3.05) is 6.54 Å². The monoisotopic (exact) mass is 267 g/mol. The summed E-state index contributed by atoms with van der Waals surface area (Å²) < 4.78 is 0. The summed E-state index contributed by atoms with van der Waals surface area (Å²) in [7, 11) is 0. The minimum Gasteiger partial charge on any atom is -0.299 e. The van der Waals surface area contributed by atoms with Crippen LogP contribution >= 0.6 is 0 Å². The molecule has 1 saturated heterocycles. The van der Waals surface area contributed by atoms with Gasteiger partial charge in [-0.2, -0.15) is 5.26 Å². The quantitative estimate of drug-likeness (QED) is 0.914. The van der Waals surface area contributed by atoms with E-state index in [1.807, 2.05) is 38.1 Å². The Hall–Kier alpha value is -2.15. The molecule has 0 unspecified atom stereocenters. The van der Waals surface area contributed by atoms with Crippen molar-refractivity contribution in [2.24, 2.45) is 11.3 Å². The Morgan fingerprint density at radius 2 is 2.00 bits per heavy atom. The van der Waals surface area contributed by atoms with Crippen LogP contribution in [0.1, 0.15) is 30.4 Å². The van der Waals surface area contributed by atoms with Gasteiger partial charge in [0.15, 0.2) is 0 Å². The van der Waals surface area contributed by atoms with Crippen molar-refractivity contribution in [2.45, 2.75) is 26.2 Å². The van der Waals surface area contributed by atoms with Gasteiger partial charge in [-0.3, -0.25) is 15.1 Å². The maximum Gasteiger partial charge on any atom is 0.233 e. The third-order valence-corrected chi connectivity index (χ3v) is 4.47. The van der Waals surface area contributed by atoms with Crippen molar-refractivity contribution in [1.29, 1.82) is 10.7 Å². The number of benzene rings is 1. The van der Waals surface area contributed by atoms with Crippen LogP contribution in [-0.4, -0.2) is 23.2 Å². The molecule has 3 rings (SSSR count). The van der Waals surface area contributed by atoms with Crippen LogP contribution in [0.4, 0.5) is 0 Å². The molecule has 0 radical (unpaired) electrons. The first kappa shape index (κ1) is 12.9. The Labute approximate surface area is 118 Å². The van der Waals surface area contributed by atoms with Crippen LogP contribution in [0.3, 0.4) is 0 Å². The number of nitrogens with one attached hydrogen (secondary N) is 1. The standard InChI is InChI=1S/C16H17N3O/c1-3-8-19-14(20)13-12(16(13,9-17)15(19)18)11-6-4-10(2)5-7-11/h4-7,12-13,18H,3,8H2,1-2H3/t12-,13+,16+/m1/s1. The maximum absolute atomic E-state index is 12.4. The van der Waals surface area contributed by atoms with Crippen LogP contribution in [0.5, 0.6) is 0 Å². The van der Waals surface area contributed by atoms with Gasteiger partial charge < -0.3 is 0 Å². The van der Waals surface area contributed by atoms with E-state index < -0.39 is 5.41 Å². The molecular formula is C16H17N3O. The molecule has 2 fully saturated rings. The number of carbonyl (C=O) groups is 1. The molecule has 1 aromatic carbocycles. The third kappa shape index (κ3) is 1.41. The first-order valence-corrected chi connectivity index (χ1v) is 6.96. The van der Waals surface area contributed by atoms with E-state index in [4.69, 9.17) is 5.41 Å². The molecule has 0 aromatic heterocycles. The van der Waals surface area contributed by atoms with Gasteiger partial charge in [0.05, 0.1) is 12.0 Å². The number of likely N-dealkylation sites (tertiary alicyclic amines) is 1. The molecule has 4 nitrogen and oxygen atoms in total. The number of amides is 1. The van der Waals surface area contributed by atoms with Gasteiger partial charge in [-0.05, 0) is 18.9 Å². The van der Waals surface area contributed by atoms with Gasteiger partial charge in [0.25, 0.3) is 0 Å². The van der Waals surface area contributed by atoms with Crippen molar-refractivity contribution >= 4 is 11.7 Å². The maximum atomic E-state index is 12.4. The molecule has 1 aliphatic carbocycles. The number of nitriles is 1. The Bertz CT molecular complexity index is 628. The van der Waals surface area contributed by atoms with E-state index in [-0.39, 0.29) is 23.6 Å². The number of hydrogen-bond acceptors (Lipinski definition) is 3. The van der Waals surface area contributed by atoms with E-state index in [9.17, 15) is 10.1 Å². The number of aryl methyl sites for hydroxylation is 1. The summed E-state index contributed by atoms with van der Waals surface area (Å²) in [6, 6.07) is 10.2. The second-order valence-electron chi connectivity index (χ2n) is 5.69. The van der Waals surface area contributed by atoms with Crippen LogP contribution in [0.2, 0.25) is 0 Å². The first-order valence-electron chi connectivity index (χ1n) is 6.96. The van der Waals surface area contributed by atoms with Crippen molar-refractivity contribution in [3.8, 4) is 6.07 Å². The molecule has 0 bridgehead atoms. The SMILES string of the molecule is CCCN1C(=N)[C@]2(C#N)[C@H](C1=O)[C@H]2c1ccc(C)cc1. The number of carbonyl (C=O) groups excluding carboxylic acids is 1. The lowest BCUT2D eigenvalue weighted by molar-refractivity contribution is -0.127. The second-order valence-corrected chi connectivity index (χ2v) is 5.69. The molecular weight excluding hydrogens is 250 g/mol. The molecule has 1 heterocycles. The number of fused-ring (bicyclic) bond motifs is 1.